The van der Waals surface area contributed by atoms with Crippen LogP contribution in [0.1, 0.15) is 18.4 Å². The predicted octanol–water partition coefficient (Wildman–Crippen LogP) is 3.75. The molecule has 0 aliphatic rings. The molecule has 1 aromatic rings. The first kappa shape index (κ1) is 14.7. The van der Waals surface area contributed by atoms with Gasteiger partial charge in [-0.1, -0.05) is 52.5 Å². The quantitative estimate of drug-likeness (QED) is 0.591. The molecule has 0 aliphatic carbocycles. The number of rotatable bonds is 6. The molecule has 94 valence electrons. The van der Waals surface area contributed by atoms with Crippen molar-refractivity contribution in [1.29, 1.82) is 0 Å². The Morgan fingerprint density at radius 1 is 1.18 bits per heavy atom. The van der Waals surface area contributed by atoms with Gasteiger partial charge in [-0.25, -0.2) is 0 Å². The number of benzene rings is 1. The Morgan fingerprint density at radius 2 is 1.88 bits per heavy atom. The molecule has 0 radical (unpaired) electrons. The van der Waals surface area contributed by atoms with E-state index in [2.05, 4.69) is 0 Å². The van der Waals surface area contributed by atoms with E-state index in [1.165, 1.54) is 0 Å². The predicted molar refractivity (Wildman–Crippen MR) is 72.3 cm³/mol. The summed E-state index contributed by atoms with van der Waals surface area (Å²) in [7, 11) is 0. The van der Waals surface area contributed by atoms with Crippen LogP contribution in [0.3, 0.4) is 0 Å². The molecule has 1 unspecified atom stereocenters. The van der Waals surface area contributed by atoms with Gasteiger partial charge in [0.05, 0.1) is 10.0 Å². The number of allylic oxidation sites excluding steroid dienone is 2. The Hall–Kier alpha value is -0.350. The number of hydrogen-bond donors (Lipinski definition) is 0. The Bertz CT molecular complexity index is 419. The second kappa shape index (κ2) is 7.88. The molecule has 0 saturated heterocycles. The van der Waals surface area contributed by atoms with Gasteiger partial charge in [0, 0.05) is 5.75 Å². The minimum Gasteiger partial charge on any atom is -0.772 e. The lowest BCUT2D eigenvalue weighted by Gasteiger charge is -2.01. The maximum atomic E-state index is 10.3. The topological polar surface area (TPSA) is 40.1 Å². The van der Waals surface area contributed by atoms with Crippen molar-refractivity contribution in [2.45, 2.75) is 19.3 Å². The molecule has 0 aromatic heterocycles. The minimum absolute atomic E-state index is 0.184. The van der Waals surface area contributed by atoms with E-state index in [0.29, 0.717) is 16.5 Å². The molecule has 0 heterocycles. The van der Waals surface area contributed by atoms with E-state index in [4.69, 9.17) is 23.2 Å². The van der Waals surface area contributed by atoms with Crippen LogP contribution in [0, 0.1) is 0 Å². The molecule has 5 heteroatoms. The fraction of sp³-hybridized carbons (Fsp3) is 0.333. The van der Waals surface area contributed by atoms with Crippen molar-refractivity contribution < 1.29 is 8.76 Å². The van der Waals surface area contributed by atoms with Gasteiger partial charge < -0.3 is 4.55 Å². The van der Waals surface area contributed by atoms with Crippen LogP contribution in [-0.2, 0) is 17.5 Å². The lowest BCUT2D eigenvalue weighted by atomic mass is 10.1. The summed E-state index contributed by atoms with van der Waals surface area (Å²) in [5, 5.41) is 1.12. The number of aryl methyl sites for hydroxylation is 1. The van der Waals surface area contributed by atoms with E-state index >= 15 is 0 Å². The molecule has 0 amide bonds. The van der Waals surface area contributed by atoms with Crippen molar-refractivity contribution in [1.82, 2.24) is 0 Å². The van der Waals surface area contributed by atoms with Gasteiger partial charge in [0.2, 0.25) is 0 Å². The highest BCUT2D eigenvalue weighted by molar-refractivity contribution is 7.79. The van der Waals surface area contributed by atoms with Crippen LogP contribution >= 0.6 is 23.2 Å². The highest BCUT2D eigenvalue weighted by Crippen LogP contribution is 2.23. The van der Waals surface area contributed by atoms with E-state index < -0.39 is 11.1 Å². The first-order chi connectivity index (χ1) is 8.09. The van der Waals surface area contributed by atoms with Crippen molar-refractivity contribution in [2.75, 3.05) is 5.75 Å². The average molecular weight is 292 g/mol. The van der Waals surface area contributed by atoms with Crippen molar-refractivity contribution >= 4 is 34.3 Å². The third-order valence-corrected chi connectivity index (χ3v) is 3.51. The van der Waals surface area contributed by atoms with E-state index in [-0.39, 0.29) is 5.75 Å². The summed E-state index contributed by atoms with van der Waals surface area (Å²) in [6.07, 6.45) is 6.16. The average Bonchev–Trinajstić information content (AvgIpc) is 2.27. The van der Waals surface area contributed by atoms with Gasteiger partial charge in [-0.2, -0.15) is 0 Å². The Morgan fingerprint density at radius 3 is 2.53 bits per heavy atom. The summed E-state index contributed by atoms with van der Waals surface area (Å²) in [6.45, 7) is 0. The lowest BCUT2D eigenvalue weighted by Crippen LogP contribution is -1.92. The smallest absolute Gasteiger partial charge is 0.0595 e. The van der Waals surface area contributed by atoms with Crippen molar-refractivity contribution in [2.24, 2.45) is 0 Å². The summed E-state index contributed by atoms with van der Waals surface area (Å²) < 4.78 is 20.5. The van der Waals surface area contributed by atoms with Crippen LogP contribution < -0.4 is 0 Å². The van der Waals surface area contributed by atoms with Crippen molar-refractivity contribution in [3.8, 4) is 0 Å². The normalized spacial score (nSPS) is 13.1. The Kier molecular flexibility index (Phi) is 6.82. The van der Waals surface area contributed by atoms with Gasteiger partial charge in [-0.05, 0) is 37.0 Å². The van der Waals surface area contributed by atoms with Gasteiger partial charge in [0.1, 0.15) is 0 Å². The number of hydrogen-bond acceptors (Lipinski definition) is 2. The van der Waals surface area contributed by atoms with Crippen LogP contribution in [0.4, 0.5) is 0 Å². The summed E-state index contributed by atoms with van der Waals surface area (Å²) in [5.74, 6) is 0.184. The van der Waals surface area contributed by atoms with E-state index in [1.807, 2.05) is 24.3 Å². The summed E-state index contributed by atoms with van der Waals surface area (Å²) in [5.41, 5.74) is 1.12. The van der Waals surface area contributed by atoms with Gasteiger partial charge in [0.15, 0.2) is 0 Å². The van der Waals surface area contributed by atoms with Crippen LogP contribution in [0.5, 0.6) is 0 Å². The van der Waals surface area contributed by atoms with Crippen molar-refractivity contribution in [3.63, 3.8) is 0 Å². The molecule has 0 fully saturated rings. The van der Waals surface area contributed by atoms with Gasteiger partial charge in [-0.15, -0.1) is 0 Å². The molecule has 1 rings (SSSR count). The zero-order chi connectivity index (χ0) is 12.7. The molecular formula is C12H13Cl2O2S-. The van der Waals surface area contributed by atoms with Gasteiger partial charge in [0.25, 0.3) is 0 Å². The third-order valence-electron chi connectivity index (χ3n) is 2.20. The SMILES string of the molecule is O=S([O-])CCC=CCCc1ccc(Cl)c(Cl)c1. The number of halogens is 2. The van der Waals surface area contributed by atoms with Crippen LogP contribution in [0.2, 0.25) is 10.0 Å². The fourth-order valence-corrected chi connectivity index (χ4v) is 1.99. The monoisotopic (exact) mass is 291 g/mol. The minimum atomic E-state index is -1.95. The molecule has 1 atom stereocenters. The molecule has 0 aliphatic heterocycles. The van der Waals surface area contributed by atoms with Gasteiger partial charge in [-0.3, -0.25) is 4.21 Å². The van der Waals surface area contributed by atoms with E-state index in [0.717, 1.165) is 18.4 Å². The second-order valence-electron chi connectivity index (χ2n) is 3.56. The summed E-state index contributed by atoms with van der Waals surface area (Å²) in [6, 6.07) is 5.57. The first-order valence-electron chi connectivity index (χ1n) is 5.24. The molecule has 0 N–H and O–H groups in total. The first-order valence-corrected chi connectivity index (χ1v) is 7.24. The zero-order valence-electron chi connectivity index (χ0n) is 9.20. The lowest BCUT2D eigenvalue weighted by molar-refractivity contribution is 0.537. The largest absolute Gasteiger partial charge is 0.772 e. The maximum Gasteiger partial charge on any atom is 0.0595 e. The molecule has 2 nitrogen and oxygen atoms in total. The maximum absolute atomic E-state index is 10.3. The second-order valence-corrected chi connectivity index (χ2v) is 5.39. The highest BCUT2D eigenvalue weighted by atomic mass is 35.5. The zero-order valence-corrected chi connectivity index (χ0v) is 11.5. The Balaban J connectivity index is 2.30. The van der Waals surface area contributed by atoms with Crippen LogP contribution in [0.15, 0.2) is 30.4 Å². The van der Waals surface area contributed by atoms with Crippen molar-refractivity contribution in [3.05, 3.63) is 46.0 Å². The molecule has 0 bridgehead atoms. The summed E-state index contributed by atoms with van der Waals surface area (Å²) >= 11 is 9.76. The van der Waals surface area contributed by atoms with Crippen LogP contribution in [0.25, 0.3) is 0 Å². The molecule has 0 spiro atoms. The fourth-order valence-electron chi connectivity index (χ4n) is 1.35. The van der Waals surface area contributed by atoms with E-state index in [1.54, 1.807) is 6.07 Å². The highest BCUT2D eigenvalue weighted by Gasteiger charge is 1.98. The van der Waals surface area contributed by atoms with Crippen LogP contribution in [-0.4, -0.2) is 14.5 Å². The molecule has 1 aromatic carbocycles. The summed E-state index contributed by atoms with van der Waals surface area (Å²) in [4.78, 5) is 0. The standard InChI is InChI=1S/C12H14Cl2O2S/c13-11-7-6-10(9-12(11)14)5-3-1-2-4-8-17(15)16/h1-2,6-7,9H,3-5,8H2,(H,15,16)/p-1. The van der Waals surface area contributed by atoms with Gasteiger partial charge >= 0.3 is 0 Å². The van der Waals surface area contributed by atoms with E-state index in [9.17, 15) is 8.76 Å². The molecule has 0 saturated carbocycles. The Labute approximate surface area is 114 Å². The molecule has 17 heavy (non-hydrogen) atoms. The molecular weight excluding hydrogens is 279 g/mol. The third kappa shape index (κ3) is 6.22.